The molecule has 3 aromatic rings. The number of nitrogens with one attached hydrogen (secondary N) is 1. The van der Waals surface area contributed by atoms with Crippen molar-refractivity contribution in [1.82, 2.24) is 4.90 Å². The summed E-state index contributed by atoms with van der Waals surface area (Å²) in [4.78, 5) is 26.3. The maximum Gasteiger partial charge on any atom is 0.352 e. The van der Waals surface area contributed by atoms with Gasteiger partial charge >= 0.3 is 13.0 Å². The molecule has 10 heteroatoms. The quantitative estimate of drug-likeness (QED) is 0.161. The van der Waals surface area contributed by atoms with Crippen molar-refractivity contribution in [2.45, 2.75) is 38.9 Å². The van der Waals surface area contributed by atoms with Gasteiger partial charge in [-0.15, -0.1) is 0 Å². The molecule has 39 heavy (non-hydrogen) atoms. The van der Waals surface area contributed by atoms with E-state index in [0.717, 1.165) is 4.90 Å². The molecule has 206 valence electrons. The van der Waals surface area contributed by atoms with Crippen molar-refractivity contribution >= 4 is 30.2 Å². The normalized spacial score (nSPS) is 14.9. The molecular weight excluding hydrogens is 525 g/mol. The Balaban J connectivity index is 1.54. The number of imide groups is 1. The van der Waals surface area contributed by atoms with Gasteiger partial charge in [-0.1, -0.05) is 30.3 Å². The Morgan fingerprint density at radius 1 is 0.949 bits per heavy atom. The van der Waals surface area contributed by atoms with Crippen LogP contribution in [0.25, 0.3) is 0 Å². The number of benzene rings is 3. The van der Waals surface area contributed by atoms with Gasteiger partial charge in [-0.3, -0.25) is 19.1 Å². The number of hydrogen-bond acceptors (Lipinski definition) is 6. The molecule has 1 atom stereocenters. The Morgan fingerprint density at radius 3 is 2.15 bits per heavy atom. The molecule has 0 aliphatic carbocycles. The Labute approximate surface area is 226 Å². The maximum atomic E-state index is 16.2. The van der Waals surface area contributed by atoms with Gasteiger partial charge < -0.3 is 14.6 Å². The minimum Gasteiger partial charge on any atom is -0.494 e. The first-order valence-corrected chi connectivity index (χ1v) is 14.4. The fraction of sp³-hybridized carbons (Fsp3) is 0.310. The number of ether oxygens (including phenoxy) is 1. The number of alkyl halides is 2. The highest BCUT2D eigenvalue weighted by atomic mass is 31.2. The highest BCUT2D eigenvalue weighted by molar-refractivity contribution is 7.67. The topological polar surface area (TPSA) is 84.9 Å². The lowest BCUT2D eigenvalue weighted by molar-refractivity contribution is 0.0644. The van der Waals surface area contributed by atoms with Gasteiger partial charge in [-0.05, 0) is 69.7 Å². The van der Waals surface area contributed by atoms with Crippen LogP contribution in [0.2, 0.25) is 0 Å². The average Bonchev–Trinajstić information content (AvgIpc) is 3.16. The zero-order valence-electron chi connectivity index (χ0n) is 22.0. The molecule has 0 spiro atoms. The third-order valence-corrected chi connectivity index (χ3v) is 8.79. The highest BCUT2D eigenvalue weighted by Crippen LogP contribution is 2.66. The summed E-state index contributed by atoms with van der Waals surface area (Å²) in [5.74, 6) is -0.596. The highest BCUT2D eigenvalue weighted by Gasteiger charge is 2.55. The summed E-state index contributed by atoms with van der Waals surface area (Å²) in [6.45, 7) is 5.17. The Kier molecular flexibility index (Phi) is 8.52. The molecule has 3 aromatic carbocycles. The number of amides is 2. The summed E-state index contributed by atoms with van der Waals surface area (Å²) < 4.78 is 57.3. The van der Waals surface area contributed by atoms with Crippen molar-refractivity contribution in [3.05, 3.63) is 89.5 Å². The van der Waals surface area contributed by atoms with E-state index >= 15 is 8.78 Å². The van der Waals surface area contributed by atoms with Crippen LogP contribution in [-0.4, -0.2) is 42.5 Å². The number of anilines is 1. The van der Waals surface area contributed by atoms with Gasteiger partial charge in [0.15, 0.2) is 0 Å². The van der Waals surface area contributed by atoms with Gasteiger partial charge in [0.05, 0.1) is 29.9 Å². The second kappa shape index (κ2) is 11.7. The average molecular weight is 557 g/mol. The number of rotatable bonds is 12. The number of hydrogen-bond donors (Lipinski definition) is 1. The van der Waals surface area contributed by atoms with Gasteiger partial charge in [0.1, 0.15) is 5.75 Å². The summed E-state index contributed by atoms with van der Waals surface area (Å²) in [5, 5.41) is 2.92. The van der Waals surface area contributed by atoms with E-state index in [9.17, 15) is 14.2 Å². The van der Waals surface area contributed by atoms with E-state index in [1.165, 1.54) is 43.3 Å². The zero-order chi connectivity index (χ0) is 28.2. The molecule has 2 amide bonds. The molecule has 1 heterocycles. The van der Waals surface area contributed by atoms with Crippen molar-refractivity contribution in [3.63, 3.8) is 0 Å². The first-order valence-electron chi connectivity index (χ1n) is 12.8. The van der Waals surface area contributed by atoms with E-state index in [1.54, 1.807) is 36.4 Å². The first kappa shape index (κ1) is 28.5. The van der Waals surface area contributed by atoms with E-state index < -0.39 is 18.6 Å². The van der Waals surface area contributed by atoms with Crippen molar-refractivity contribution in [2.75, 3.05) is 25.1 Å². The number of halogens is 2. The molecule has 0 radical (unpaired) electrons. The van der Waals surface area contributed by atoms with Crippen molar-refractivity contribution < 1.29 is 32.2 Å². The van der Waals surface area contributed by atoms with Crippen LogP contribution in [0, 0.1) is 0 Å². The smallest absolute Gasteiger partial charge is 0.352 e. The van der Waals surface area contributed by atoms with E-state index in [-0.39, 0.29) is 54.4 Å². The van der Waals surface area contributed by atoms with E-state index in [4.69, 9.17) is 9.26 Å². The SMILES string of the molecule is CCOP(=O)(c1ccccc1)C(F)(F)c1cc(OCCCN2C(=O)c3ccccc3C2=O)ccc1NC(C)C. The Morgan fingerprint density at radius 2 is 1.56 bits per heavy atom. The minimum absolute atomic E-state index is 0.0666. The Bertz CT molecular complexity index is 1360. The van der Waals surface area contributed by atoms with E-state index in [1.807, 2.05) is 13.8 Å². The maximum absolute atomic E-state index is 16.2. The van der Waals surface area contributed by atoms with Crippen LogP contribution in [0.15, 0.2) is 72.8 Å². The van der Waals surface area contributed by atoms with Crippen molar-refractivity contribution in [2.24, 2.45) is 0 Å². The third-order valence-electron chi connectivity index (χ3n) is 6.21. The van der Waals surface area contributed by atoms with Crippen LogP contribution in [0.1, 0.15) is 53.5 Å². The standard InChI is InChI=1S/C29H31F2N2O5P/c1-4-38-39(36,22-11-6-5-7-12-22)29(30,31)25-19-21(15-16-26(25)32-20(2)3)37-18-10-17-33-27(34)23-13-8-9-14-24(23)28(33)35/h5-9,11-16,19-20,32H,4,10,17-18H2,1-3H3. The summed E-state index contributed by atoms with van der Waals surface area (Å²) in [6.07, 6.45) is 0.296. The molecule has 0 fully saturated rings. The number of carbonyl (C=O) groups excluding carboxylic acids is 2. The fourth-order valence-electron chi connectivity index (χ4n) is 4.44. The van der Waals surface area contributed by atoms with Gasteiger partial charge in [-0.2, -0.15) is 8.78 Å². The van der Waals surface area contributed by atoms with Crippen LogP contribution in [-0.2, 0) is 14.8 Å². The molecule has 1 N–H and O–H groups in total. The summed E-state index contributed by atoms with van der Waals surface area (Å²) in [7, 11) is -4.69. The lowest BCUT2D eigenvalue weighted by atomic mass is 10.1. The van der Waals surface area contributed by atoms with Gasteiger partial charge in [0.25, 0.3) is 11.8 Å². The van der Waals surface area contributed by atoms with E-state index in [0.29, 0.717) is 17.5 Å². The third kappa shape index (κ3) is 5.60. The van der Waals surface area contributed by atoms with E-state index in [2.05, 4.69) is 5.32 Å². The molecule has 0 saturated heterocycles. The van der Waals surface area contributed by atoms with Crippen molar-refractivity contribution in [3.8, 4) is 5.75 Å². The zero-order valence-corrected chi connectivity index (χ0v) is 22.9. The first-order chi connectivity index (χ1) is 18.6. The largest absolute Gasteiger partial charge is 0.494 e. The summed E-state index contributed by atoms with van der Waals surface area (Å²) in [6, 6.07) is 18.1. The minimum atomic E-state index is -4.69. The van der Waals surface area contributed by atoms with Gasteiger partial charge in [0, 0.05) is 23.6 Å². The Hall–Kier alpha value is -3.55. The second-order valence-electron chi connectivity index (χ2n) is 9.36. The predicted molar refractivity (Wildman–Crippen MR) is 146 cm³/mol. The summed E-state index contributed by atoms with van der Waals surface area (Å²) >= 11 is 0. The molecule has 0 saturated carbocycles. The molecule has 0 bridgehead atoms. The number of fused-ring (bicyclic) bond motifs is 1. The monoisotopic (exact) mass is 556 g/mol. The lowest BCUT2D eigenvalue weighted by Crippen LogP contribution is -2.31. The molecule has 1 unspecified atom stereocenters. The van der Waals surface area contributed by atoms with Gasteiger partial charge in [-0.25, -0.2) is 0 Å². The predicted octanol–water partition coefficient (Wildman–Crippen LogP) is 6.26. The molecule has 4 rings (SSSR count). The molecule has 1 aliphatic rings. The van der Waals surface area contributed by atoms with Crippen molar-refractivity contribution in [1.29, 1.82) is 0 Å². The summed E-state index contributed by atoms with van der Waals surface area (Å²) in [5.41, 5.74) is -3.54. The lowest BCUT2D eigenvalue weighted by Gasteiger charge is -2.29. The molecule has 1 aliphatic heterocycles. The number of nitrogens with zero attached hydrogens (tertiary/aromatic N) is 1. The molecule has 0 aromatic heterocycles. The molecular formula is C29H31F2N2O5P. The van der Waals surface area contributed by atoms with Crippen LogP contribution in [0.5, 0.6) is 5.75 Å². The fourth-order valence-corrected chi connectivity index (χ4v) is 6.50. The van der Waals surface area contributed by atoms with Crippen LogP contribution in [0.4, 0.5) is 14.5 Å². The molecule has 7 nitrogen and oxygen atoms in total. The van der Waals surface area contributed by atoms with Crippen LogP contribution in [0.3, 0.4) is 0 Å². The number of carbonyl (C=O) groups is 2. The van der Waals surface area contributed by atoms with Crippen LogP contribution >= 0.6 is 7.37 Å². The van der Waals surface area contributed by atoms with Crippen LogP contribution < -0.4 is 15.4 Å². The second-order valence-corrected chi connectivity index (χ2v) is 11.8. The van der Waals surface area contributed by atoms with Gasteiger partial charge in [0.2, 0.25) is 0 Å².